The molecule has 0 unspecified atom stereocenters. The molecule has 0 aliphatic heterocycles. The number of carbonyl (C=O) groups excluding carboxylic acids is 4. The topological polar surface area (TPSA) is 255 Å². The number of rotatable bonds is 16. The molecule has 4 amide bonds. The number of methoxy groups -OCH3 is 1. The molecule has 2 aromatic carbocycles. The molecule has 0 spiro atoms. The van der Waals surface area contributed by atoms with Crippen LogP contribution in [0.4, 0.5) is 5.95 Å². The fourth-order valence-electron chi connectivity index (χ4n) is 6.14. The molecule has 0 saturated heterocycles. The highest BCUT2D eigenvalue weighted by Gasteiger charge is 2.23. The molecule has 20 heteroatoms. The number of nitrogens with zero attached hydrogens (tertiary/aromatic N) is 9. The number of nitrogens with one attached hydrogen (secondary N) is 1. The lowest BCUT2D eigenvalue weighted by molar-refractivity contribution is 0.0982. The largest absolute Gasteiger partial charge is 0.494 e. The van der Waals surface area contributed by atoms with E-state index in [-0.39, 0.29) is 61.0 Å². The van der Waals surface area contributed by atoms with Gasteiger partial charge in [-0.05, 0) is 58.0 Å². The second-order valence-electron chi connectivity index (χ2n) is 13.0. The number of hydrogen-bond acceptors (Lipinski definition) is 12. The molecule has 0 saturated carbocycles. The number of aryl methyl sites for hydroxylation is 2. The minimum Gasteiger partial charge on any atom is -0.494 e. The molecule has 6 aromatic rings. The molecular weight excluding hydrogens is 757 g/mol. The quantitative estimate of drug-likeness (QED) is 0.0818. The highest BCUT2D eigenvalue weighted by atomic mass is 32.1. The molecule has 0 aliphatic carbocycles. The normalized spacial score (nSPS) is 12.0. The summed E-state index contributed by atoms with van der Waals surface area (Å²) in [5.41, 5.74) is 14.0. The summed E-state index contributed by atoms with van der Waals surface area (Å²) >= 11 is 1.19. The molecule has 19 nitrogen and oxygen atoms in total. The maximum Gasteiger partial charge on any atom is 0.297 e. The summed E-state index contributed by atoms with van der Waals surface area (Å²) in [7, 11) is 1.47. The van der Waals surface area contributed by atoms with Crippen molar-refractivity contribution in [3.8, 4) is 11.5 Å². The van der Waals surface area contributed by atoms with E-state index in [2.05, 4.69) is 30.5 Å². The number of amides is 4. The SMILES string of the molecule is CCn1nc(C)cc1C(=O)N=c1sc2cc(C(N)=O)cc(OC)c2n1C/C=C/Cn1c(NC(=O)c2ncnn2C(C)C)nc2cc(C(N)=O)cc(OCCCO)c21. The number of fused-ring (bicyclic) bond motifs is 2. The number of aliphatic hydroxyl groups is 1. The summed E-state index contributed by atoms with van der Waals surface area (Å²) in [4.78, 5) is 65.3. The van der Waals surface area contributed by atoms with Crippen molar-refractivity contribution in [3.63, 3.8) is 0 Å². The van der Waals surface area contributed by atoms with E-state index in [0.717, 1.165) is 0 Å². The van der Waals surface area contributed by atoms with Crippen LogP contribution in [-0.2, 0) is 19.6 Å². The van der Waals surface area contributed by atoms with Crippen molar-refractivity contribution in [2.24, 2.45) is 16.5 Å². The van der Waals surface area contributed by atoms with Crippen LogP contribution in [-0.4, -0.2) is 87.7 Å². The number of nitrogens with two attached hydrogens (primary N) is 2. The van der Waals surface area contributed by atoms with Gasteiger partial charge in [0.05, 0.1) is 29.6 Å². The average molecular weight is 799 g/mol. The summed E-state index contributed by atoms with van der Waals surface area (Å²) < 4.78 is 18.8. The van der Waals surface area contributed by atoms with Crippen molar-refractivity contribution >= 4 is 62.2 Å². The van der Waals surface area contributed by atoms with Crippen LogP contribution in [0.1, 0.15) is 80.8 Å². The van der Waals surface area contributed by atoms with E-state index in [4.69, 9.17) is 20.9 Å². The number of aromatic nitrogens is 8. The second kappa shape index (κ2) is 17.0. The van der Waals surface area contributed by atoms with Gasteiger partial charge in [0.1, 0.15) is 34.6 Å². The molecule has 0 fully saturated rings. The van der Waals surface area contributed by atoms with Crippen LogP contribution < -0.4 is 31.1 Å². The third-order valence-electron chi connectivity index (χ3n) is 8.75. The van der Waals surface area contributed by atoms with E-state index in [9.17, 15) is 24.3 Å². The standard InChI is InChI=1S/C37H42N12O7S/c1-6-48-25(14-21(4)45-48)34(53)44-37-47(30-26(55-5)16-23(32(39)52)18-28(30)57-37)11-8-7-10-46-29-24(15-22(31(38)51)17-27(29)56-13-9-12-50)42-36(46)43-35(54)33-40-19-41-49(33)20(2)3/h7-8,14-20,50H,6,9-13H2,1-5H3,(H2,38,51)(H2,39,52)(H,42,43,54)/b8-7+,44-37?. The summed E-state index contributed by atoms with van der Waals surface area (Å²) in [6, 6.07) is 7.66. The summed E-state index contributed by atoms with van der Waals surface area (Å²) in [6.07, 6.45) is 5.25. The Balaban J connectivity index is 1.44. The van der Waals surface area contributed by atoms with Crippen molar-refractivity contribution in [1.82, 2.24) is 38.7 Å². The number of imidazole rings is 1. The third-order valence-corrected chi connectivity index (χ3v) is 9.77. The fourth-order valence-corrected chi connectivity index (χ4v) is 7.23. The number of thiazole rings is 1. The Morgan fingerprint density at radius 2 is 1.70 bits per heavy atom. The average Bonchev–Trinajstić information content (AvgIpc) is 3.97. The van der Waals surface area contributed by atoms with Gasteiger partial charge in [0.2, 0.25) is 23.6 Å². The lowest BCUT2D eigenvalue weighted by atomic mass is 10.1. The van der Waals surface area contributed by atoms with Gasteiger partial charge < -0.3 is 35.2 Å². The molecule has 6 N–H and O–H groups in total. The number of allylic oxidation sites excluding steroid dienone is 2. The van der Waals surface area contributed by atoms with Gasteiger partial charge in [-0.25, -0.2) is 14.6 Å². The summed E-state index contributed by atoms with van der Waals surface area (Å²) in [5, 5.41) is 20.8. The van der Waals surface area contributed by atoms with Gasteiger partial charge in [0, 0.05) is 49.8 Å². The first-order valence-electron chi connectivity index (χ1n) is 17.9. The Hall–Kier alpha value is -6.67. The lowest BCUT2D eigenvalue weighted by Crippen LogP contribution is -2.22. The van der Waals surface area contributed by atoms with Gasteiger partial charge in [-0.1, -0.05) is 23.5 Å². The summed E-state index contributed by atoms with van der Waals surface area (Å²) in [6.45, 7) is 8.18. The Kier molecular flexibility index (Phi) is 11.9. The minimum atomic E-state index is -0.707. The molecule has 0 radical (unpaired) electrons. The minimum absolute atomic E-state index is 0.0635. The maximum atomic E-state index is 13.6. The van der Waals surface area contributed by atoms with Crippen molar-refractivity contribution in [2.75, 3.05) is 25.6 Å². The zero-order valence-corrected chi connectivity index (χ0v) is 32.7. The van der Waals surface area contributed by atoms with Gasteiger partial charge in [-0.15, -0.1) is 0 Å². The first-order chi connectivity index (χ1) is 27.3. The van der Waals surface area contributed by atoms with Gasteiger partial charge in [-0.3, -0.25) is 29.2 Å². The smallest absolute Gasteiger partial charge is 0.297 e. The molecule has 298 valence electrons. The number of ether oxygens (including phenoxy) is 2. The lowest BCUT2D eigenvalue weighted by Gasteiger charge is -2.13. The molecule has 0 aliphatic rings. The van der Waals surface area contributed by atoms with E-state index >= 15 is 0 Å². The number of hydrogen-bond donors (Lipinski definition) is 4. The Bertz CT molecular complexity index is 2610. The molecule has 0 atom stereocenters. The monoisotopic (exact) mass is 798 g/mol. The number of aliphatic hydroxyl groups excluding tert-OH is 1. The molecule has 6 rings (SSSR count). The van der Waals surface area contributed by atoms with E-state index in [0.29, 0.717) is 56.2 Å². The fraction of sp³-hybridized carbons (Fsp3) is 0.324. The van der Waals surface area contributed by atoms with Crippen LogP contribution in [0.2, 0.25) is 0 Å². The van der Waals surface area contributed by atoms with Crippen LogP contribution in [0, 0.1) is 6.92 Å². The zero-order valence-electron chi connectivity index (χ0n) is 31.9. The highest BCUT2D eigenvalue weighted by Crippen LogP contribution is 2.32. The van der Waals surface area contributed by atoms with E-state index in [1.54, 1.807) is 32.9 Å². The second-order valence-corrected chi connectivity index (χ2v) is 14.0. The first kappa shape index (κ1) is 40.0. The van der Waals surface area contributed by atoms with Crippen molar-refractivity contribution in [2.45, 2.75) is 59.8 Å². The Morgan fingerprint density at radius 3 is 2.37 bits per heavy atom. The van der Waals surface area contributed by atoms with Gasteiger partial charge in [0.25, 0.3) is 11.8 Å². The maximum absolute atomic E-state index is 13.6. The predicted octanol–water partition coefficient (Wildman–Crippen LogP) is 2.97. The Morgan fingerprint density at radius 1 is 1.00 bits per heavy atom. The van der Waals surface area contributed by atoms with Crippen molar-refractivity contribution < 1.29 is 33.8 Å². The van der Waals surface area contributed by atoms with Crippen LogP contribution in [0.5, 0.6) is 11.5 Å². The van der Waals surface area contributed by atoms with E-state index in [1.165, 1.54) is 47.7 Å². The van der Waals surface area contributed by atoms with Crippen molar-refractivity contribution in [3.05, 3.63) is 82.0 Å². The third kappa shape index (κ3) is 8.31. The van der Waals surface area contributed by atoms with E-state index < -0.39 is 23.6 Å². The number of primary amides is 2. The van der Waals surface area contributed by atoms with Crippen molar-refractivity contribution in [1.29, 1.82) is 0 Å². The molecule has 4 aromatic heterocycles. The molecule has 0 bridgehead atoms. The number of carbonyl (C=O) groups is 4. The Labute approximate surface area is 329 Å². The summed E-state index contributed by atoms with van der Waals surface area (Å²) in [5.74, 6) is -1.63. The highest BCUT2D eigenvalue weighted by molar-refractivity contribution is 7.16. The first-order valence-corrected chi connectivity index (χ1v) is 18.7. The van der Waals surface area contributed by atoms with Crippen LogP contribution in [0.25, 0.3) is 21.3 Å². The van der Waals surface area contributed by atoms with Crippen LogP contribution in [0.15, 0.2) is 53.8 Å². The molecular formula is C37H42N12O7S. The number of anilines is 1. The molecule has 4 heterocycles. The zero-order chi connectivity index (χ0) is 41.0. The van der Waals surface area contributed by atoms with E-state index in [1.807, 2.05) is 32.9 Å². The molecule has 57 heavy (non-hydrogen) atoms. The number of benzene rings is 2. The van der Waals surface area contributed by atoms with Gasteiger partial charge in [-0.2, -0.15) is 15.2 Å². The van der Waals surface area contributed by atoms with Gasteiger partial charge in [0.15, 0.2) is 4.80 Å². The predicted molar refractivity (Wildman–Crippen MR) is 210 cm³/mol. The van der Waals surface area contributed by atoms with Gasteiger partial charge >= 0.3 is 0 Å². The van der Waals surface area contributed by atoms with Crippen LogP contribution in [0.3, 0.4) is 0 Å². The van der Waals surface area contributed by atoms with Crippen LogP contribution >= 0.6 is 11.3 Å².